The SMILES string of the molecule is CC(C)Cc1cccc([SiH2]CSc2ccccc2O)c1CC(C)C. The summed E-state index contributed by atoms with van der Waals surface area (Å²) in [4.78, 5) is 1.01. The lowest BCUT2D eigenvalue weighted by Gasteiger charge is -2.18. The molecule has 0 aromatic heterocycles. The molecule has 0 bridgehead atoms. The smallest absolute Gasteiger partial charge is 0.129 e. The van der Waals surface area contributed by atoms with Crippen molar-refractivity contribution in [2.24, 2.45) is 11.8 Å². The van der Waals surface area contributed by atoms with E-state index in [-0.39, 0.29) is 9.52 Å². The highest BCUT2D eigenvalue weighted by atomic mass is 32.2. The van der Waals surface area contributed by atoms with Crippen LogP contribution in [0.15, 0.2) is 47.4 Å². The summed E-state index contributed by atoms with van der Waals surface area (Å²) in [6.45, 7) is 9.23. The Kier molecular flexibility index (Phi) is 7.44. The highest BCUT2D eigenvalue weighted by molar-refractivity contribution is 8.00. The van der Waals surface area contributed by atoms with Gasteiger partial charge in [0.1, 0.15) is 5.75 Å². The summed E-state index contributed by atoms with van der Waals surface area (Å²) < 4.78 is 0. The molecule has 0 saturated heterocycles. The van der Waals surface area contributed by atoms with Gasteiger partial charge < -0.3 is 5.11 Å². The molecule has 0 heterocycles. The summed E-state index contributed by atoms with van der Waals surface area (Å²) in [7, 11) is -0.347. The van der Waals surface area contributed by atoms with Crippen molar-refractivity contribution in [1.82, 2.24) is 0 Å². The fourth-order valence-corrected chi connectivity index (χ4v) is 6.61. The normalized spacial score (nSPS) is 11.9. The van der Waals surface area contributed by atoms with Gasteiger partial charge in [0, 0.05) is 4.90 Å². The third-order valence-corrected chi connectivity index (χ3v) is 7.60. The molecular weight excluding hydrogens is 328 g/mol. The molecule has 0 aliphatic rings. The number of hydrogen-bond donors (Lipinski definition) is 1. The van der Waals surface area contributed by atoms with Crippen LogP contribution in [-0.4, -0.2) is 20.0 Å². The molecular formula is C21H30OSSi. The molecule has 2 aromatic rings. The maximum absolute atomic E-state index is 9.92. The van der Waals surface area contributed by atoms with Crippen molar-refractivity contribution >= 4 is 26.5 Å². The third kappa shape index (κ3) is 5.71. The average molecular weight is 359 g/mol. The zero-order chi connectivity index (χ0) is 17.5. The molecule has 0 spiro atoms. The van der Waals surface area contributed by atoms with Crippen LogP contribution < -0.4 is 5.19 Å². The monoisotopic (exact) mass is 358 g/mol. The van der Waals surface area contributed by atoms with E-state index in [1.54, 1.807) is 34.1 Å². The highest BCUT2D eigenvalue weighted by Gasteiger charge is 2.12. The van der Waals surface area contributed by atoms with Crippen LogP contribution in [0, 0.1) is 11.8 Å². The Balaban J connectivity index is 2.12. The molecule has 0 atom stereocenters. The number of phenolic OH excluding ortho intramolecular Hbond substituents is 1. The van der Waals surface area contributed by atoms with Crippen LogP contribution in [0.1, 0.15) is 38.8 Å². The van der Waals surface area contributed by atoms with Crippen molar-refractivity contribution in [1.29, 1.82) is 0 Å². The fraction of sp³-hybridized carbons (Fsp3) is 0.429. The van der Waals surface area contributed by atoms with E-state index in [0.29, 0.717) is 17.6 Å². The van der Waals surface area contributed by atoms with Gasteiger partial charge in [0.05, 0.1) is 9.52 Å². The molecule has 0 aliphatic heterocycles. The zero-order valence-electron chi connectivity index (χ0n) is 15.4. The maximum Gasteiger partial charge on any atom is 0.129 e. The van der Waals surface area contributed by atoms with Gasteiger partial charge in [0.2, 0.25) is 0 Å². The van der Waals surface area contributed by atoms with Crippen LogP contribution in [0.25, 0.3) is 0 Å². The van der Waals surface area contributed by atoms with Crippen molar-refractivity contribution in [3.05, 3.63) is 53.6 Å². The predicted molar refractivity (Wildman–Crippen MR) is 111 cm³/mol. The first kappa shape index (κ1) is 19.1. The van der Waals surface area contributed by atoms with Gasteiger partial charge >= 0.3 is 0 Å². The van der Waals surface area contributed by atoms with Crippen molar-refractivity contribution in [3.63, 3.8) is 0 Å². The van der Waals surface area contributed by atoms with Gasteiger partial charge in [-0.25, -0.2) is 0 Å². The van der Waals surface area contributed by atoms with Crippen molar-refractivity contribution in [2.45, 2.75) is 45.4 Å². The zero-order valence-corrected chi connectivity index (χ0v) is 17.6. The van der Waals surface area contributed by atoms with Gasteiger partial charge in [-0.05, 0) is 53.3 Å². The fourth-order valence-electron chi connectivity index (χ4n) is 3.07. The molecule has 0 aliphatic carbocycles. The van der Waals surface area contributed by atoms with Crippen molar-refractivity contribution < 1.29 is 5.11 Å². The van der Waals surface area contributed by atoms with E-state index in [4.69, 9.17) is 0 Å². The molecule has 0 amide bonds. The van der Waals surface area contributed by atoms with Gasteiger partial charge in [-0.1, -0.05) is 63.2 Å². The second-order valence-corrected chi connectivity index (χ2v) is 10.9. The first-order valence-electron chi connectivity index (χ1n) is 8.97. The molecule has 0 saturated carbocycles. The number of phenols is 1. The topological polar surface area (TPSA) is 20.2 Å². The molecule has 2 rings (SSSR count). The summed E-state index contributed by atoms with van der Waals surface area (Å²) in [5.74, 6) is 1.80. The molecule has 2 aromatic carbocycles. The summed E-state index contributed by atoms with van der Waals surface area (Å²) in [5, 5.41) is 12.7. The van der Waals surface area contributed by atoms with Crippen LogP contribution in [0.2, 0.25) is 0 Å². The average Bonchev–Trinajstić information content (AvgIpc) is 2.51. The Morgan fingerprint density at radius 2 is 1.62 bits per heavy atom. The van der Waals surface area contributed by atoms with Gasteiger partial charge in [0.25, 0.3) is 0 Å². The highest BCUT2D eigenvalue weighted by Crippen LogP contribution is 2.27. The molecule has 0 radical (unpaired) electrons. The van der Waals surface area contributed by atoms with Gasteiger partial charge in [0.15, 0.2) is 0 Å². The van der Waals surface area contributed by atoms with E-state index >= 15 is 0 Å². The van der Waals surface area contributed by atoms with E-state index in [1.165, 1.54) is 12.8 Å². The van der Waals surface area contributed by atoms with Crippen molar-refractivity contribution in [2.75, 3.05) is 5.38 Å². The lowest BCUT2D eigenvalue weighted by atomic mass is 9.93. The molecule has 24 heavy (non-hydrogen) atoms. The first-order valence-corrected chi connectivity index (χ1v) is 11.7. The van der Waals surface area contributed by atoms with Crippen LogP contribution in [0.4, 0.5) is 0 Å². The van der Waals surface area contributed by atoms with E-state index in [0.717, 1.165) is 10.3 Å². The Morgan fingerprint density at radius 1 is 0.917 bits per heavy atom. The number of aromatic hydroxyl groups is 1. The maximum atomic E-state index is 9.92. The lowest BCUT2D eigenvalue weighted by Crippen LogP contribution is -2.24. The minimum absolute atomic E-state index is 0.347. The van der Waals surface area contributed by atoms with Gasteiger partial charge in [-0.15, -0.1) is 11.8 Å². The van der Waals surface area contributed by atoms with Crippen molar-refractivity contribution in [3.8, 4) is 5.75 Å². The standard InChI is InChI=1S/C21H30OSSi/c1-15(2)12-17-8-7-11-21(18(17)13-16(3)4)24-14-23-20-10-6-5-9-19(20)22/h5-11,15-16,22H,12-14,24H2,1-4H3. The molecule has 1 N–H and O–H groups in total. The molecule has 0 unspecified atom stereocenters. The number of para-hydroxylation sites is 1. The summed E-state index contributed by atoms with van der Waals surface area (Å²) >= 11 is 1.80. The molecule has 1 nitrogen and oxygen atoms in total. The molecule has 0 fully saturated rings. The first-order chi connectivity index (χ1) is 11.5. The van der Waals surface area contributed by atoms with E-state index in [9.17, 15) is 5.11 Å². The summed E-state index contributed by atoms with van der Waals surface area (Å²) in [5.41, 5.74) is 3.17. The Morgan fingerprint density at radius 3 is 2.29 bits per heavy atom. The van der Waals surface area contributed by atoms with Gasteiger partial charge in [-0.3, -0.25) is 0 Å². The largest absolute Gasteiger partial charge is 0.507 e. The number of thioether (sulfide) groups is 1. The summed E-state index contributed by atoms with van der Waals surface area (Å²) in [6, 6.07) is 14.6. The minimum atomic E-state index is -0.347. The molecule has 130 valence electrons. The van der Waals surface area contributed by atoms with Gasteiger partial charge in [-0.2, -0.15) is 0 Å². The summed E-state index contributed by atoms with van der Waals surface area (Å²) in [6.07, 6.45) is 2.36. The van der Waals surface area contributed by atoms with E-state index in [1.807, 2.05) is 18.2 Å². The van der Waals surface area contributed by atoms with E-state index in [2.05, 4.69) is 45.9 Å². The Labute approximate surface area is 153 Å². The number of rotatable bonds is 8. The Bertz CT molecular complexity index is 652. The number of hydrogen-bond acceptors (Lipinski definition) is 2. The Hall–Kier alpha value is -1.19. The predicted octanol–water partition coefficient (Wildman–Crippen LogP) is 4.33. The second kappa shape index (κ2) is 9.33. The second-order valence-electron chi connectivity index (χ2n) is 7.32. The van der Waals surface area contributed by atoms with Crippen LogP contribution in [0.5, 0.6) is 5.75 Å². The van der Waals surface area contributed by atoms with E-state index < -0.39 is 0 Å². The van der Waals surface area contributed by atoms with Crippen LogP contribution in [0.3, 0.4) is 0 Å². The molecule has 3 heteroatoms. The van der Waals surface area contributed by atoms with Crippen LogP contribution >= 0.6 is 11.8 Å². The van der Waals surface area contributed by atoms with Crippen LogP contribution in [-0.2, 0) is 12.8 Å². The number of benzene rings is 2. The minimum Gasteiger partial charge on any atom is -0.507 e. The quantitative estimate of drug-likeness (QED) is 0.560. The lowest BCUT2D eigenvalue weighted by molar-refractivity contribution is 0.462. The third-order valence-electron chi connectivity index (χ3n) is 4.10.